The van der Waals surface area contributed by atoms with Crippen molar-refractivity contribution in [2.75, 3.05) is 19.5 Å². The van der Waals surface area contributed by atoms with Gasteiger partial charge in [0.1, 0.15) is 28.7 Å². The molecule has 1 N–H and O–H groups in total. The van der Waals surface area contributed by atoms with E-state index in [4.69, 9.17) is 14.5 Å². The summed E-state index contributed by atoms with van der Waals surface area (Å²) in [6.07, 6.45) is 1.87. The van der Waals surface area contributed by atoms with Crippen LogP contribution in [0.15, 0.2) is 72.9 Å². The Kier molecular flexibility index (Phi) is 4.68. The summed E-state index contributed by atoms with van der Waals surface area (Å²) < 4.78 is 12.4. The Morgan fingerprint density at radius 1 is 0.929 bits per heavy atom. The first-order valence-corrected chi connectivity index (χ1v) is 8.76. The van der Waals surface area contributed by atoms with E-state index in [0.29, 0.717) is 28.6 Å². The number of ether oxygens (including phenoxy) is 2. The highest BCUT2D eigenvalue weighted by atomic mass is 16.5. The first-order chi connectivity index (χ1) is 13.7. The van der Waals surface area contributed by atoms with Gasteiger partial charge in [-0.15, -0.1) is 0 Å². The van der Waals surface area contributed by atoms with Crippen molar-refractivity contribution in [1.82, 2.24) is 9.38 Å². The maximum absolute atomic E-state index is 13.0. The second-order valence-electron chi connectivity index (χ2n) is 6.16. The van der Waals surface area contributed by atoms with Crippen LogP contribution in [0.2, 0.25) is 0 Å². The van der Waals surface area contributed by atoms with E-state index in [9.17, 15) is 4.79 Å². The molecule has 6 heteroatoms. The summed E-state index contributed by atoms with van der Waals surface area (Å²) in [7, 11) is 3.10. The molecule has 2 aromatic carbocycles. The van der Waals surface area contributed by atoms with E-state index in [-0.39, 0.29) is 5.91 Å². The van der Waals surface area contributed by atoms with E-state index in [0.717, 1.165) is 11.2 Å². The molecule has 28 heavy (non-hydrogen) atoms. The summed E-state index contributed by atoms with van der Waals surface area (Å²) in [6.45, 7) is 0. The van der Waals surface area contributed by atoms with Crippen LogP contribution in [0.3, 0.4) is 0 Å². The third kappa shape index (κ3) is 3.27. The second kappa shape index (κ2) is 7.44. The molecule has 0 atom stereocenters. The molecule has 0 saturated heterocycles. The quantitative estimate of drug-likeness (QED) is 0.567. The van der Waals surface area contributed by atoms with Gasteiger partial charge in [-0.25, -0.2) is 4.98 Å². The predicted octanol–water partition coefficient (Wildman–Crippen LogP) is 4.27. The molecule has 0 fully saturated rings. The lowest BCUT2D eigenvalue weighted by Crippen LogP contribution is -2.14. The van der Waals surface area contributed by atoms with Crippen LogP contribution < -0.4 is 14.8 Å². The number of nitrogens with one attached hydrogen (secondary N) is 1. The minimum Gasteiger partial charge on any atom is -0.497 e. The van der Waals surface area contributed by atoms with Gasteiger partial charge < -0.3 is 14.8 Å². The average Bonchev–Trinajstić information content (AvgIpc) is 3.12. The van der Waals surface area contributed by atoms with Crippen LogP contribution in [0.1, 0.15) is 10.4 Å². The Bertz CT molecular complexity index is 1110. The Morgan fingerprint density at radius 3 is 2.29 bits per heavy atom. The fourth-order valence-corrected chi connectivity index (χ4v) is 3.03. The van der Waals surface area contributed by atoms with Crippen molar-refractivity contribution in [3.05, 3.63) is 78.5 Å². The van der Waals surface area contributed by atoms with Gasteiger partial charge in [0.15, 0.2) is 0 Å². The zero-order valence-electron chi connectivity index (χ0n) is 15.5. The molecule has 0 unspecified atom stereocenters. The zero-order chi connectivity index (χ0) is 19.5. The molecule has 0 aliphatic carbocycles. The molecule has 140 valence electrons. The highest BCUT2D eigenvalue weighted by Gasteiger charge is 2.18. The fraction of sp³-hybridized carbons (Fsp3) is 0.0909. The van der Waals surface area contributed by atoms with Gasteiger partial charge in [0.25, 0.3) is 5.91 Å². The standard InChI is InChI=1S/C22H19N3O3/c1-27-17-12-16(13-18(14-17)28-2)22(26)24-21-20(15-8-4-3-5-9-15)23-19-10-6-7-11-25(19)21/h3-14H,1-2H3,(H,24,26). The maximum atomic E-state index is 13.0. The van der Waals surface area contributed by atoms with Crippen LogP contribution in [-0.2, 0) is 0 Å². The molecule has 2 aromatic heterocycles. The van der Waals surface area contributed by atoms with E-state index >= 15 is 0 Å². The summed E-state index contributed by atoms with van der Waals surface area (Å²) >= 11 is 0. The van der Waals surface area contributed by atoms with E-state index in [1.807, 2.05) is 59.1 Å². The number of carbonyl (C=O) groups is 1. The molecule has 0 spiro atoms. The van der Waals surface area contributed by atoms with Crippen molar-refractivity contribution >= 4 is 17.4 Å². The number of fused-ring (bicyclic) bond motifs is 1. The summed E-state index contributed by atoms with van der Waals surface area (Å²) in [5.74, 6) is 1.42. The van der Waals surface area contributed by atoms with Crippen molar-refractivity contribution < 1.29 is 14.3 Å². The number of hydrogen-bond donors (Lipinski definition) is 1. The van der Waals surface area contributed by atoms with Crippen molar-refractivity contribution in [2.45, 2.75) is 0 Å². The van der Waals surface area contributed by atoms with Gasteiger partial charge in [0, 0.05) is 23.4 Å². The molecule has 6 nitrogen and oxygen atoms in total. The van der Waals surface area contributed by atoms with Gasteiger partial charge in [0.05, 0.1) is 14.2 Å². The highest BCUT2D eigenvalue weighted by molar-refractivity contribution is 6.06. The second-order valence-corrected chi connectivity index (χ2v) is 6.16. The Hall–Kier alpha value is -3.80. The summed E-state index contributed by atoms with van der Waals surface area (Å²) in [5, 5.41) is 3.00. The lowest BCUT2D eigenvalue weighted by molar-refractivity contribution is 0.102. The normalized spacial score (nSPS) is 10.6. The van der Waals surface area contributed by atoms with E-state index in [1.54, 1.807) is 32.4 Å². The molecular formula is C22H19N3O3. The number of rotatable bonds is 5. The van der Waals surface area contributed by atoms with E-state index in [2.05, 4.69) is 5.32 Å². The molecular weight excluding hydrogens is 354 g/mol. The Labute approximate surface area is 162 Å². The average molecular weight is 373 g/mol. The topological polar surface area (TPSA) is 64.9 Å². The molecule has 1 amide bonds. The molecule has 2 heterocycles. The molecule has 0 aliphatic rings. The molecule has 0 bridgehead atoms. The largest absolute Gasteiger partial charge is 0.497 e. The third-order valence-corrected chi connectivity index (χ3v) is 4.42. The maximum Gasteiger partial charge on any atom is 0.257 e. The number of benzene rings is 2. The van der Waals surface area contributed by atoms with Crippen LogP contribution in [0.4, 0.5) is 5.82 Å². The Balaban J connectivity index is 1.78. The predicted molar refractivity (Wildman–Crippen MR) is 108 cm³/mol. The van der Waals surface area contributed by atoms with Gasteiger partial charge >= 0.3 is 0 Å². The van der Waals surface area contributed by atoms with Gasteiger partial charge in [-0.2, -0.15) is 0 Å². The number of pyridine rings is 1. The minimum atomic E-state index is -0.278. The van der Waals surface area contributed by atoms with E-state index in [1.165, 1.54) is 0 Å². The number of methoxy groups -OCH3 is 2. The number of imidazole rings is 1. The monoisotopic (exact) mass is 373 g/mol. The zero-order valence-corrected chi connectivity index (χ0v) is 15.5. The van der Waals surface area contributed by atoms with Crippen molar-refractivity contribution in [2.24, 2.45) is 0 Å². The van der Waals surface area contributed by atoms with Crippen LogP contribution in [-0.4, -0.2) is 29.5 Å². The minimum absolute atomic E-state index is 0.278. The fourth-order valence-electron chi connectivity index (χ4n) is 3.03. The number of hydrogen-bond acceptors (Lipinski definition) is 4. The molecule has 0 radical (unpaired) electrons. The lowest BCUT2D eigenvalue weighted by Gasteiger charge is -2.10. The molecule has 0 saturated carbocycles. The third-order valence-electron chi connectivity index (χ3n) is 4.42. The number of aromatic nitrogens is 2. The summed E-state index contributed by atoms with van der Waals surface area (Å²) in [6, 6.07) is 20.5. The first kappa shape index (κ1) is 17.6. The van der Waals surface area contributed by atoms with Gasteiger partial charge in [-0.05, 0) is 24.3 Å². The van der Waals surface area contributed by atoms with Crippen LogP contribution in [0.25, 0.3) is 16.9 Å². The smallest absolute Gasteiger partial charge is 0.257 e. The van der Waals surface area contributed by atoms with Crippen LogP contribution in [0, 0.1) is 0 Å². The Morgan fingerprint density at radius 2 is 1.61 bits per heavy atom. The summed E-state index contributed by atoms with van der Waals surface area (Å²) in [4.78, 5) is 17.7. The molecule has 4 rings (SSSR count). The number of amides is 1. The first-order valence-electron chi connectivity index (χ1n) is 8.76. The molecule has 0 aliphatic heterocycles. The summed E-state index contributed by atoms with van der Waals surface area (Å²) in [5.41, 5.74) is 2.81. The van der Waals surface area contributed by atoms with Crippen LogP contribution >= 0.6 is 0 Å². The van der Waals surface area contributed by atoms with Gasteiger partial charge in [-0.3, -0.25) is 9.20 Å². The van der Waals surface area contributed by atoms with E-state index < -0.39 is 0 Å². The van der Waals surface area contributed by atoms with Crippen molar-refractivity contribution in [3.63, 3.8) is 0 Å². The lowest BCUT2D eigenvalue weighted by atomic mass is 10.1. The van der Waals surface area contributed by atoms with Crippen LogP contribution in [0.5, 0.6) is 11.5 Å². The van der Waals surface area contributed by atoms with Gasteiger partial charge in [-0.1, -0.05) is 36.4 Å². The number of anilines is 1. The number of nitrogens with zero attached hydrogens (tertiary/aromatic N) is 2. The SMILES string of the molecule is COc1cc(OC)cc(C(=O)Nc2c(-c3ccccc3)nc3ccccn23)c1. The van der Waals surface area contributed by atoms with Gasteiger partial charge in [0.2, 0.25) is 0 Å². The van der Waals surface area contributed by atoms with Crippen molar-refractivity contribution in [1.29, 1.82) is 0 Å². The number of carbonyl (C=O) groups excluding carboxylic acids is 1. The highest BCUT2D eigenvalue weighted by Crippen LogP contribution is 2.30. The van der Waals surface area contributed by atoms with Crippen molar-refractivity contribution in [3.8, 4) is 22.8 Å². The molecule has 4 aromatic rings.